The van der Waals surface area contributed by atoms with Crippen molar-refractivity contribution in [3.8, 4) is 0 Å². The van der Waals surface area contributed by atoms with E-state index in [9.17, 15) is 14.4 Å². The fourth-order valence-corrected chi connectivity index (χ4v) is 3.72. The standard InChI is InChI=1S/C21H27N3O4/c1-14-7-6-10-17(15(14)2)22-19(25)13-28-21(27)18-11-12-20(26)24(23-18)16-8-4-3-5-9-16/h3-5,8-9,14-15,17H,6-7,10-13H2,1-2H3,(H,22,25)/t14-,15-,17+/m1/s1. The monoisotopic (exact) mass is 385 g/mol. The third-order valence-corrected chi connectivity index (χ3v) is 5.66. The van der Waals surface area contributed by atoms with E-state index in [2.05, 4.69) is 24.3 Å². The number of rotatable bonds is 5. The van der Waals surface area contributed by atoms with Gasteiger partial charge in [0.15, 0.2) is 6.61 Å². The number of nitrogens with one attached hydrogen (secondary N) is 1. The van der Waals surface area contributed by atoms with E-state index in [4.69, 9.17) is 4.74 Å². The van der Waals surface area contributed by atoms with E-state index < -0.39 is 5.97 Å². The Hall–Kier alpha value is -2.70. The van der Waals surface area contributed by atoms with Gasteiger partial charge in [-0.3, -0.25) is 9.59 Å². The molecular weight excluding hydrogens is 358 g/mol. The second kappa shape index (κ2) is 8.99. The predicted molar refractivity (Wildman–Crippen MR) is 106 cm³/mol. The van der Waals surface area contributed by atoms with Crippen LogP contribution in [0.5, 0.6) is 0 Å². The molecule has 0 aromatic heterocycles. The molecule has 1 aromatic carbocycles. The van der Waals surface area contributed by atoms with E-state index in [0.29, 0.717) is 17.5 Å². The molecule has 0 radical (unpaired) electrons. The predicted octanol–water partition coefficient (Wildman–Crippen LogP) is 2.65. The number of carbonyl (C=O) groups excluding carboxylic acids is 3. The van der Waals surface area contributed by atoms with Crippen LogP contribution in [0.3, 0.4) is 0 Å². The summed E-state index contributed by atoms with van der Waals surface area (Å²) in [6, 6.07) is 9.03. The molecule has 1 saturated carbocycles. The zero-order valence-corrected chi connectivity index (χ0v) is 16.4. The molecule has 3 atom stereocenters. The molecule has 2 aliphatic rings. The molecule has 0 spiro atoms. The van der Waals surface area contributed by atoms with E-state index in [-0.39, 0.29) is 43.0 Å². The van der Waals surface area contributed by atoms with E-state index in [0.717, 1.165) is 12.8 Å². The molecule has 2 amide bonds. The van der Waals surface area contributed by atoms with Crippen molar-refractivity contribution < 1.29 is 19.1 Å². The summed E-state index contributed by atoms with van der Waals surface area (Å²) in [6.07, 6.45) is 3.60. The third kappa shape index (κ3) is 4.77. The van der Waals surface area contributed by atoms with E-state index >= 15 is 0 Å². The lowest BCUT2D eigenvalue weighted by Crippen LogP contribution is -2.45. The summed E-state index contributed by atoms with van der Waals surface area (Å²) in [5, 5.41) is 8.33. The lowest BCUT2D eigenvalue weighted by atomic mass is 9.78. The minimum Gasteiger partial charge on any atom is -0.451 e. The maximum atomic E-state index is 12.3. The van der Waals surface area contributed by atoms with Gasteiger partial charge >= 0.3 is 5.97 Å². The molecule has 0 saturated heterocycles. The van der Waals surface area contributed by atoms with Crippen LogP contribution < -0.4 is 10.3 Å². The number of hydrazone groups is 1. The molecule has 150 valence electrons. The molecule has 7 heteroatoms. The molecule has 3 rings (SSSR count). The minimum atomic E-state index is -0.659. The van der Waals surface area contributed by atoms with Crippen molar-refractivity contribution in [2.24, 2.45) is 16.9 Å². The quantitative estimate of drug-likeness (QED) is 0.789. The van der Waals surface area contributed by atoms with Gasteiger partial charge in [-0.25, -0.2) is 9.80 Å². The largest absolute Gasteiger partial charge is 0.451 e. The zero-order chi connectivity index (χ0) is 20.1. The van der Waals surface area contributed by atoms with Gasteiger partial charge in [0.25, 0.3) is 5.91 Å². The number of benzene rings is 1. The molecule has 1 fully saturated rings. The fourth-order valence-electron chi connectivity index (χ4n) is 3.72. The van der Waals surface area contributed by atoms with Gasteiger partial charge in [0, 0.05) is 18.9 Å². The Bertz CT molecular complexity index is 762. The Kier molecular flexibility index (Phi) is 6.44. The summed E-state index contributed by atoms with van der Waals surface area (Å²) < 4.78 is 5.15. The molecule has 0 bridgehead atoms. The van der Waals surface area contributed by atoms with Crippen LogP contribution in [0.2, 0.25) is 0 Å². The van der Waals surface area contributed by atoms with Gasteiger partial charge < -0.3 is 10.1 Å². The first-order chi connectivity index (χ1) is 13.5. The first-order valence-corrected chi connectivity index (χ1v) is 9.87. The van der Waals surface area contributed by atoms with Crippen molar-refractivity contribution in [1.29, 1.82) is 0 Å². The van der Waals surface area contributed by atoms with Crippen molar-refractivity contribution in [3.05, 3.63) is 30.3 Å². The number of ether oxygens (including phenoxy) is 1. The Morgan fingerprint density at radius 2 is 1.93 bits per heavy atom. The summed E-state index contributed by atoms with van der Waals surface area (Å²) in [5.41, 5.74) is 0.742. The highest BCUT2D eigenvalue weighted by atomic mass is 16.5. The van der Waals surface area contributed by atoms with Gasteiger partial charge in [0.2, 0.25) is 5.91 Å². The zero-order valence-electron chi connectivity index (χ0n) is 16.4. The second-order valence-corrected chi connectivity index (χ2v) is 7.61. The average Bonchev–Trinajstić information content (AvgIpc) is 2.70. The number of hydrogen-bond acceptors (Lipinski definition) is 5. The molecule has 28 heavy (non-hydrogen) atoms. The van der Waals surface area contributed by atoms with Gasteiger partial charge in [0.05, 0.1) is 5.69 Å². The summed E-state index contributed by atoms with van der Waals surface area (Å²) in [6.45, 7) is 4.01. The minimum absolute atomic E-state index is 0.119. The molecule has 1 N–H and O–H groups in total. The van der Waals surface area contributed by atoms with Crippen LogP contribution in [0, 0.1) is 11.8 Å². The number of para-hydroxylation sites is 1. The van der Waals surface area contributed by atoms with Gasteiger partial charge in [-0.2, -0.15) is 5.10 Å². The Morgan fingerprint density at radius 1 is 1.18 bits per heavy atom. The van der Waals surface area contributed by atoms with E-state index in [1.807, 2.05) is 6.07 Å². The van der Waals surface area contributed by atoms with Gasteiger partial charge in [-0.05, 0) is 30.4 Å². The number of carbonyl (C=O) groups is 3. The van der Waals surface area contributed by atoms with Crippen LogP contribution in [0.1, 0.15) is 46.0 Å². The van der Waals surface area contributed by atoms with E-state index in [1.54, 1.807) is 24.3 Å². The van der Waals surface area contributed by atoms with Crippen LogP contribution in [0.4, 0.5) is 5.69 Å². The smallest absolute Gasteiger partial charge is 0.355 e. The summed E-state index contributed by atoms with van der Waals surface area (Å²) in [4.78, 5) is 36.6. The Balaban J connectivity index is 1.55. The molecule has 1 aromatic rings. The van der Waals surface area contributed by atoms with Crippen molar-refractivity contribution in [3.63, 3.8) is 0 Å². The highest BCUT2D eigenvalue weighted by Crippen LogP contribution is 2.29. The second-order valence-electron chi connectivity index (χ2n) is 7.61. The van der Waals surface area contributed by atoms with Crippen LogP contribution >= 0.6 is 0 Å². The SMILES string of the molecule is C[C@@H]1[C@H](C)CCC[C@@H]1NC(=O)COC(=O)C1=NN(c2ccccc2)C(=O)CC1. The number of hydrogen-bond donors (Lipinski definition) is 1. The number of esters is 1. The topological polar surface area (TPSA) is 88.1 Å². The average molecular weight is 385 g/mol. The summed E-state index contributed by atoms with van der Waals surface area (Å²) in [5.74, 6) is -0.164. The van der Waals surface area contributed by atoms with Gasteiger partial charge in [0.1, 0.15) is 5.71 Å². The molecule has 1 heterocycles. The van der Waals surface area contributed by atoms with Crippen LogP contribution in [-0.4, -0.2) is 36.1 Å². The highest BCUT2D eigenvalue weighted by Gasteiger charge is 2.29. The number of nitrogens with zero attached hydrogens (tertiary/aromatic N) is 2. The van der Waals surface area contributed by atoms with Crippen LogP contribution in [-0.2, 0) is 19.1 Å². The molecular formula is C21H27N3O4. The Labute approximate surface area is 165 Å². The normalized spacial score (nSPS) is 25.1. The van der Waals surface area contributed by atoms with Crippen molar-refractivity contribution in [1.82, 2.24) is 5.32 Å². The third-order valence-electron chi connectivity index (χ3n) is 5.66. The lowest BCUT2D eigenvalue weighted by molar-refractivity contribution is -0.142. The maximum absolute atomic E-state index is 12.3. The highest BCUT2D eigenvalue weighted by molar-refractivity contribution is 6.38. The molecule has 7 nitrogen and oxygen atoms in total. The van der Waals surface area contributed by atoms with Crippen molar-refractivity contribution in [2.45, 2.75) is 52.0 Å². The van der Waals surface area contributed by atoms with Crippen molar-refractivity contribution in [2.75, 3.05) is 11.6 Å². The van der Waals surface area contributed by atoms with Crippen molar-refractivity contribution >= 4 is 29.2 Å². The Morgan fingerprint density at radius 3 is 2.68 bits per heavy atom. The molecule has 0 unspecified atom stereocenters. The summed E-state index contributed by atoms with van der Waals surface area (Å²) in [7, 11) is 0. The first-order valence-electron chi connectivity index (χ1n) is 9.87. The maximum Gasteiger partial charge on any atom is 0.355 e. The van der Waals surface area contributed by atoms with Gasteiger partial charge in [-0.1, -0.05) is 44.9 Å². The summed E-state index contributed by atoms with van der Waals surface area (Å²) >= 11 is 0. The van der Waals surface area contributed by atoms with E-state index in [1.165, 1.54) is 11.4 Å². The first kappa shape index (κ1) is 20.0. The van der Waals surface area contributed by atoms with Gasteiger partial charge in [-0.15, -0.1) is 0 Å². The fraction of sp³-hybridized carbons (Fsp3) is 0.524. The molecule has 1 aliphatic heterocycles. The molecule has 1 aliphatic carbocycles. The van der Waals surface area contributed by atoms with Crippen LogP contribution in [0.25, 0.3) is 0 Å². The van der Waals surface area contributed by atoms with Crippen LogP contribution in [0.15, 0.2) is 35.4 Å². The number of anilines is 1. The lowest BCUT2D eigenvalue weighted by Gasteiger charge is -2.34. The number of amides is 2.